The van der Waals surface area contributed by atoms with Gasteiger partial charge in [0, 0.05) is 39.2 Å². The number of hydrogen-bond acceptors (Lipinski definition) is 10. The standard InChI is InChI=1S/C16H24N4O9/c1-8(21)19-16(5-6-18-20-17)14(28-11(4)24)13(27-10(3)23)12(29-15(16)25)7-26-9(2)22/h12-15,25H,5-7H2,1-4H3,(H,19,21)/t12-,13+,14+,15-,16-/m1/s1. The fraction of sp³-hybridized carbons (Fsp3) is 0.750. The highest BCUT2D eigenvalue weighted by molar-refractivity contribution is 5.74. The van der Waals surface area contributed by atoms with Crippen LogP contribution < -0.4 is 5.32 Å². The van der Waals surface area contributed by atoms with Gasteiger partial charge >= 0.3 is 17.9 Å². The molecule has 0 aromatic carbocycles. The number of ether oxygens (including phenoxy) is 4. The first-order valence-electron chi connectivity index (χ1n) is 8.64. The third-order valence-corrected chi connectivity index (χ3v) is 4.06. The Morgan fingerprint density at radius 2 is 1.76 bits per heavy atom. The Kier molecular flexibility index (Phi) is 8.83. The van der Waals surface area contributed by atoms with E-state index >= 15 is 0 Å². The predicted octanol–water partition coefficient (Wildman–Crippen LogP) is -0.295. The minimum Gasteiger partial charge on any atom is -0.463 e. The van der Waals surface area contributed by atoms with E-state index in [1.807, 2.05) is 0 Å². The van der Waals surface area contributed by atoms with Gasteiger partial charge in [0.25, 0.3) is 0 Å². The summed E-state index contributed by atoms with van der Waals surface area (Å²) in [5.74, 6) is -2.85. The minimum absolute atomic E-state index is 0.212. The van der Waals surface area contributed by atoms with Crippen LogP contribution in [-0.2, 0) is 38.1 Å². The molecule has 0 radical (unpaired) electrons. The molecule has 0 aromatic heterocycles. The lowest BCUT2D eigenvalue weighted by Gasteiger charge is -2.51. The summed E-state index contributed by atoms with van der Waals surface area (Å²) in [5, 5.41) is 16.5. The van der Waals surface area contributed by atoms with E-state index in [1.165, 1.54) is 0 Å². The highest BCUT2D eigenvalue weighted by atomic mass is 16.7. The van der Waals surface area contributed by atoms with Gasteiger partial charge in [0.2, 0.25) is 5.91 Å². The zero-order valence-corrected chi connectivity index (χ0v) is 16.5. The number of azide groups is 1. The van der Waals surface area contributed by atoms with Gasteiger partial charge in [0.05, 0.1) is 0 Å². The molecule has 1 saturated heterocycles. The fourth-order valence-electron chi connectivity index (χ4n) is 3.08. The summed E-state index contributed by atoms with van der Waals surface area (Å²) >= 11 is 0. The molecule has 13 heteroatoms. The average molecular weight is 416 g/mol. The van der Waals surface area contributed by atoms with Crippen molar-refractivity contribution < 1.29 is 43.2 Å². The summed E-state index contributed by atoms with van der Waals surface area (Å²) in [4.78, 5) is 49.1. The molecule has 1 aliphatic rings. The Balaban J connectivity index is 3.46. The summed E-state index contributed by atoms with van der Waals surface area (Å²) in [6.07, 6.45) is -5.99. The normalized spacial score (nSPS) is 28.4. The lowest BCUT2D eigenvalue weighted by Crippen LogP contribution is -2.74. The number of aliphatic hydroxyl groups is 1. The van der Waals surface area contributed by atoms with Gasteiger partial charge in [-0.15, -0.1) is 0 Å². The van der Waals surface area contributed by atoms with Crippen molar-refractivity contribution in [1.82, 2.24) is 5.32 Å². The lowest BCUT2D eigenvalue weighted by molar-refractivity contribution is -0.291. The zero-order chi connectivity index (χ0) is 22.2. The smallest absolute Gasteiger partial charge is 0.303 e. The molecule has 1 aliphatic heterocycles. The Morgan fingerprint density at radius 3 is 2.24 bits per heavy atom. The summed E-state index contributed by atoms with van der Waals surface area (Å²) in [6, 6.07) is 0. The van der Waals surface area contributed by atoms with Gasteiger partial charge in [0.15, 0.2) is 18.5 Å². The number of rotatable bonds is 8. The first-order chi connectivity index (χ1) is 13.5. The molecule has 0 bridgehead atoms. The summed E-state index contributed by atoms with van der Waals surface area (Å²) in [6.45, 7) is 3.84. The Bertz CT molecular complexity index is 694. The first kappa shape index (κ1) is 24.1. The van der Waals surface area contributed by atoms with Crippen LogP contribution in [0, 0.1) is 0 Å². The molecule has 162 valence electrons. The van der Waals surface area contributed by atoms with Gasteiger partial charge in [-0.25, -0.2) is 0 Å². The monoisotopic (exact) mass is 416 g/mol. The van der Waals surface area contributed by atoms with Crippen molar-refractivity contribution in [3.8, 4) is 0 Å². The number of esters is 3. The molecular formula is C16H24N4O9. The molecule has 0 aliphatic carbocycles. The van der Waals surface area contributed by atoms with Crippen LogP contribution in [0.1, 0.15) is 34.1 Å². The van der Waals surface area contributed by atoms with Gasteiger partial charge in [-0.3, -0.25) is 19.2 Å². The first-order valence-corrected chi connectivity index (χ1v) is 8.64. The summed E-state index contributed by atoms with van der Waals surface area (Å²) in [7, 11) is 0. The van der Waals surface area contributed by atoms with Gasteiger partial charge in [-0.2, -0.15) is 0 Å². The van der Waals surface area contributed by atoms with Gasteiger partial charge in [-0.05, 0) is 12.0 Å². The van der Waals surface area contributed by atoms with E-state index in [9.17, 15) is 24.3 Å². The molecular weight excluding hydrogens is 392 g/mol. The second kappa shape index (κ2) is 10.6. The highest BCUT2D eigenvalue weighted by Gasteiger charge is 2.59. The Morgan fingerprint density at radius 1 is 1.14 bits per heavy atom. The predicted molar refractivity (Wildman–Crippen MR) is 93.8 cm³/mol. The maximum atomic E-state index is 11.9. The molecule has 0 unspecified atom stereocenters. The largest absolute Gasteiger partial charge is 0.463 e. The van der Waals surface area contributed by atoms with Crippen molar-refractivity contribution in [3.05, 3.63) is 10.4 Å². The van der Waals surface area contributed by atoms with E-state index in [4.69, 9.17) is 24.5 Å². The fourth-order valence-corrected chi connectivity index (χ4v) is 3.08. The van der Waals surface area contributed by atoms with Crippen molar-refractivity contribution in [3.63, 3.8) is 0 Å². The van der Waals surface area contributed by atoms with Gasteiger partial charge in [-0.1, -0.05) is 5.11 Å². The van der Waals surface area contributed by atoms with Crippen LogP contribution in [0.3, 0.4) is 0 Å². The zero-order valence-electron chi connectivity index (χ0n) is 16.5. The van der Waals surface area contributed by atoms with Gasteiger partial charge < -0.3 is 29.4 Å². The second-order valence-corrected chi connectivity index (χ2v) is 6.36. The average Bonchev–Trinajstić information content (AvgIpc) is 2.58. The Hall–Kier alpha value is -2.89. The summed E-state index contributed by atoms with van der Waals surface area (Å²) < 4.78 is 20.9. The lowest BCUT2D eigenvalue weighted by atomic mass is 9.80. The molecule has 5 atom stereocenters. The molecule has 1 rings (SSSR count). The van der Waals surface area contributed by atoms with Crippen LogP contribution in [0.2, 0.25) is 0 Å². The van der Waals surface area contributed by atoms with Crippen LogP contribution >= 0.6 is 0 Å². The van der Waals surface area contributed by atoms with Crippen molar-refractivity contribution in [2.75, 3.05) is 13.2 Å². The third-order valence-electron chi connectivity index (χ3n) is 4.06. The van der Waals surface area contributed by atoms with E-state index < -0.39 is 60.6 Å². The maximum absolute atomic E-state index is 11.9. The van der Waals surface area contributed by atoms with E-state index in [1.54, 1.807) is 0 Å². The number of aliphatic hydroxyl groups excluding tert-OH is 1. The van der Waals surface area contributed by atoms with Crippen LogP contribution in [0.5, 0.6) is 0 Å². The van der Waals surface area contributed by atoms with Crippen molar-refractivity contribution in [2.24, 2.45) is 5.11 Å². The number of nitrogens with zero attached hydrogens (tertiary/aromatic N) is 3. The third kappa shape index (κ3) is 6.59. The Labute approximate surface area is 166 Å². The molecule has 0 aromatic rings. The molecule has 2 N–H and O–H groups in total. The van der Waals surface area contributed by atoms with Crippen LogP contribution in [0.15, 0.2) is 5.11 Å². The molecule has 1 fully saturated rings. The maximum Gasteiger partial charge on any atom is 0.303 e. The molecule has 29 heavy (non-hydrogen) atoms. The molecule has 0 spiro atoms. The SMILES string of the molecule is CC(=O)N[C@@]1(CCN=[N+]=[N-])[C@H](O)O[C@H](COC(C)=O)[C@H](OC(C)=O)[C@@H]1OC(C)=O. The van der Waals surface area contributed by atoms with Crippen LogP contribution in [0.4, 0.5) is 0 Å². The minimum atomic E-state index is -1.81. The van der Waals surface area contributed by atoms with Gasteiger partial charge in [0.1, 0.15) is 18.2 Å². The number of carbonyl (C=O) groups is 4. The summed E-state index contributed by atoms with van der Waals surface area (Å²) in [5.41, 5.74) is 6.74. The quantitative estimate of drug-likeness (QED) is 0.176. The van der Waals surface area contributed by atoms with Crippen molar-refractivity contribution in [2.45, 2.75) is 64.3 Å². The van der Waals surface area contributed by atoms with E-state index in [0.717, 1.165) is 27.7 Å². The molecule has 0 saturated carbocycles. The van der Waals surface area contributed by atoms with Crippen LogP contribution in [0.25, 0.3) is 10.4 Å². The van der Waals surface area contributed by atoms with Crippen LogP contribution in [-0.4, -0.2) is 72.2 Å². The van der Waals surface area contributed by atoms with E-state index in [2.05, 4.69) is 15.3 Å². The number of nitrogens with one attached hydrogen (secondary N) is 1. The number of amides is 1. The van der Waals surface area contributed by atoms with Crippen molar-refractivity contribution in [1.29, 1.82) is 0 Å². The molecule has 13 nitrogen and oxygen atoms in total. The number of hydrogen-bond donors (Lipinski definition) is 2. The molecule has 1 amide bonds. The molecule has 1 heterocycles. The topological polar surface area (TPSA) is 186 Å². The van der Waals surface area contributed by atoms with Crippen molar-refractivity contribution >= 4 is 23.8 Å². The highest BCUT2D eigenvalue weighted by Crippen LogP contribution is 2.36. The number of carbonyl (C=O) groups excluding carboxylic acids is 4. The van der Waals surface area contributed by atoms with E-state index in [0.29, 0.717) is 0 Å². The van der Waals surface area contributed by atoms with E-state index in [-0.39, 0.29) is 13.0 Å². The second-order valence-electron chi connectivity index (χ2n) is 6.36.